The summed E-state index contributed by atoms with van der Waals surface area (Å²) in [5.41, 5.74) is 3.16. The fraction of sp³-hybridized carbons (Fsp3) is 0.150. The van der Waals surface area contributed by atoms with E-state index in [-0.39, 0.29) is 18.2 Å². The highest BCUT2D eigenvalue weighted by molar-refractivity contribution is 9.10. The Morgan fingerprint density at radius 3 is 2.36 bits per heavy atom. The number of halogens is 2. The third kappa shape index (κ3) is 3.82. The second-order valence-corrected chi connectivity index (χ2v) is 6.68. The Morgan fingerprint density at radius 1 is 1.08 bits per heavy atom. The van der Waals surface area contributed by atoms with Gasteiger partial charge in [-0.3, -0.25) is 4.79 Å². The first-order valence-electron chi connectivity index (χ1n) is 7.82. The predicted molar refractivity (Wildman–Crippen MR) is 99.2 cm³/mol. The van der Waals surface area contributed by atoms with Crippen molar-refractivity contribution >= 4 is 21.7 Å². The highest BCUT2D eigenvalue weighted by Gasteiger charge is 2.17. The van der Waals surface area contributed by atoms with Crippen LogP contribution < -0.4 is 4.74 Å². The smallest absolute Gasteiger partial charge is 0.202 e. The van der Waals surface area contributed by atoms with Crippen molar-refractivity contribution in [2.24, 2.45) is 0 Å². The van der Waals surface area contributed by atoms with Gasteiger partial charge < -0.3 is 9.30 Å². The quantitative estimate of drug-likeness (QED) is 0.546. The molecule has 1 aromatic heterocycles. The fourth-order valence-corrected chi connectivity index (χ4v) is 3.05. The van der Waals surface area contributed by atoms with Crippen LogP contribution in [0.15, 0.2) is 59.1 Å². The van der Waals surface area contributed by atoms with Crippen LogP contribution >= 0.6 is 15.9 Å². The molecule has 3 aromatic rings. The van der Waals surface area contributed by atoms with Crippen molar-refractivity contribution < 1.29 is 13.9 Å². The van der Waals surface area contributed by atoms with E-state index in [0.717, 1.165) is 21.5 Å². The SMILES string of the molecule is Cc1cc(C(=O)COc2ccc(Br)cc2)c(C)n1-c1ccc(F)cc1. The first kappa shape index (κ1) is 17.4. The molecule has 0 atom stereocenters. The van der Waals surface area contributed by atoms with Crippen LogP contribution in [0.3, 0.4) is 0 Å². The number of carbonyl (C=O) groups is 1. The summed E-state index contributed by atoms with van der Waals surface area (Å²) in [6.07, 6.45) is 0. The van der Waals surface area contributed by atoms with Crippen molar-refractivity contribution in [2.45, 2.75) is 13.8 Å². The molecule has 0 spiro atoms. The van der Waals surface area contributed by atoms with Gasteiger partial charge in [0, 0.05) is 27.1 Å². The Morgan fingerprint density at radius 2 is 1.72 bits per heavy atom. The molecule has 0 aliphatic rings. The summed E-state index contributed by atoms with van der Waals surface area (Å²) in [5.74, 6) is 0.263. The zero-order valence-corrected chi connectivity index (χ0v) is 15.5. The Kier molecular flexibility index (Phi) is 5.04. The lowest BCUT2D eigenvalue weighted by Crippen LogP contribution is -2.12. The normalized spacial score (nSPS) is 10.7. The Labute approximate surface area is 154 Å². The zero-order chi connectivity index (χ0) is 18.0. The molecule has 0 fully saturated rings. The molecule has 0 N–H and O–H groups in total. The number of carbonyl (C=O) groups excluding carboxylic acids is 1. The maximum Gasteiger partial charge on any atom is 0.202 e. The van der Waals surface area contributed by atoms with Gasteiger partial charge in [-0.1, -0.05) is 15.9 Å². The van der Waals surface area contributed by atoms with E-state index < -0.39 is 0 Å². The van der Waals surface area contributed by atoms with Crippen molar-refractivity contribution in [3.05, 3.63) is 81.8 Å². The standard InChI is InChI=1S/C20H17BrFNO2/c1-13-11-19(14(2)23(13)17-7-5-16(22)6-8-17)20(24)12-25-18-9-3-15(21)4-10-18/h3-11H,12H2,1-2H3. The molecule has 128 valence electrons. The van der Waals surface area contributed by atoms with Crippen LogP contribution in [0.4, 0.5) is 4.39 Å². The van der Waals surface area contributed by atoms with Crippen molar-refractivity contribution in [3.63, 3.8) is 0 Å². The van der Waals surface area contributed by atoms with E-state index in [0.29, 0.717) is 11.3 Å². The Hall–Kier alpha value is -2.40. The van der Waals surface area contributed by atoms with Crippen molar-refractivity contribution in [3.8, 4) is 11.4 Å². The second kappa shape index (κ2) is 7.23. The minimum Gasteiger partial charge on any atom is -0.485 e. The molecular weight excluding hydrogens is 385 g/mol. The number of aromatic nitrogens is 1. The van der Waals surface area contributed by atoms with Gasteiger partial charge in [-0.2, -0.15) is 0 Å². The van der Waals surface area contributed by atoms with Gasteiger partial charge in [0.05, 0.1) is 0 Å². The molecule has 0 amide bonds. The number of Topliss-reactive ketones (excluding diaryl/α,β-unsaturated/α-hetero) is 1. The summed E-state index contributed by atoms with van der Waals surface area (Å²) < 4.78 is 21.6. The summed E-state index contributed by atoms with van der Waals surface area (Å²) in [6.45, 7) is 3.77. The van der Waals surface area contributed by atoms with Gasteiger partial charge in [0.15, 0.2) is 6.61 Å². The molecule has 25 heavy (non-hydrogen) atoms. The van der Waals surface area contributed by atoms with E-state index in [1.807, 2.05) is 36.6 Å². The van der Waals surface area contributed by atoms with Crippen LogP contribution in [-0.4, -0.2) is 17.0 Å². The monoisotopic (exact) mass is 401 g/mol. The topological polar surface area (TPSA) is 31.2 Å². The first-order valence-corrected chi connectivity index (χ1v) is 8.61. The van der Waals surface area contributed by atoms with E-state index in [9.17, 15) is 9.18 Å². The van der Waals surface area contributed by atoms with Gasteiger partial charge in [-0.05, 0) is 68.4 Å². The lowest BCUT2D eigenvalue weighted by Gasteiger charge is -2.10. The molecule has 5 heteroatoms. The summed E-state index contributed by atoms with van der Waals surface area (Å²) >= 11 is 3.36. The molecule has 0 aliphatic heterocycles. The van der Waals surface area contributed by atoms with Crippen LogP contribution in [0.2, 0.25) is 0 Å². The predicted octanol–water partition coefficient (Wildman–Crippen LogP) is 5.26. The van der Waals surface area contributed by atoms with Crippen molar-refractivity contribution in [1.82, 2.24) is 4.57 Å². The van der Waals surface area contributed by atoms with Crippen LogP contribution in [0.1, 0.15) is 21.7 Å². The summed E-state index contributed by atoms with van der Waals surface area (Å²) in [5, 5.41) is 0. The molecule has 3 rings (SSSR count). The molecule has 0 radical (unpaired) electrons. The minimum atomic E-state index is -0.287. The highest BCUT2D eigenvalue weighted by atomic mass is 79.9. The number of benzene rings is 2. The third-order valence-electron chi connectivity index (χ3n) is 4.00. The number of rotatable bonds is 5. The maximum atomic E-state index is 13.1. The Bertz CT molecular complexity index is 899. The van der Waals surface area contributed by atoms with E-state index in [1.54, 1.807) is 24.3 Å². The first-order chi connectivity index (χ1) is 12.0. The number of hydrogen-bond acceptors (Lipinski definition) is 2. The number of hydrogen-bond donors (Lipinski definition) is 0. The lowest BCUT2D eigenvalue weighted by atomic mass is 10.1. The average molecular weight is 402 g/mol. The van der Waals surface area contributed by atoms with E-state index in [1.165, 1.54) is 12.1 Å². The molecule has 0 saturated carbocycles. The molecule has 2 aromatic carbocycles. The largest absolute Gasteiger partial charge is 0.485 e. The molecule has 0 aliphatic carbocycles. The van der Waals surface area contributed by atoms with Crippen LogP contribution in [0.5, 0.6) is 5.75 Å². The molecule has 0 saturated heterocycles. The summed E-state index contributed by atoms with van der Waals surface area (Å²) in [6, 6.07) is 15.4. The fourth-order valence-electron chi connectivity index (χ4n) is 2.79. The molecular formula is C20H17BrFNO2. The van der Waals surface area contributed by atoms with Gasteiger partial charge in [0.1, 0.15) is 11.6 Å². The summed E-state index contributed by atoms with van der Waals surface area (Å²) in [7, 11) is 0. The average Bonchev–Trinajstić information content (AvgIpc) is 2.90. The van der Waals surface area contributed by atoms with Gasteiger partial charge in [-0.25, -0.2) is 4.39 Å². The molecule has 1 heterocycles. The van der Waals surface area contributed by atoms with Crippen molar-refractivity contribution in [2.75, 3.05) is 6.61 Å². The zero-order valence-electron chi connectivity index (χ0n) is 13.9. The minimum absolute atomic E-state index is 0.0324. The number of aryl methyl sites for hydroxylation is 1. The van der Waals surface area contributed by atoms with Crippen molar-refractivity contribution in [1.29, 1.82) is 0 Å². The van der Waals surface area contributed by atoms with E-state index >= 15 is 0 Å². The molecule has 0 bridgehead atoms. The van der Waals surface area contributed by atoms with Crippen LogP contribution in [0, 0.1) is 19.7 Å². The summed E-state index contributed by atoms with van der Waals surface area (Å²) in [4.78, 5) is 12.5. The van der Waals surface area contributed by atoms with Crippen LogP contribution in [0.25, 0.3) is 5.69 Å². The lowest BCUT2D eigenvalue weighted by molar-refractivity contribution is 0.0921. The van der Waals surface area contributed by atoms with Gasteiger partial charge in [0.2, 0.25) is 5.78 Å². The number of ketones is 1. The van der Waals surface area contributed by atoms with Gasteiger partial charge >= 0.3 is 0 Å². The molecule has 0 unspecified atom stereocenters. The highest BCUT2D eigenvalue weighted by Crippen LogP contribution is 2.22. The van der Waals surface area contributed by atoms with Gasteiger partial charge in [0.25, 0.3) is 0 Å². The van der Waals surface area contributed by atoms with Crippen LogP contribution in [-0.2, 0) is 0 Å². The van der Waals surface area contributed by atoms with E-state index in [4.69, 9.17) is 4.74 Å². The Balaban J connectivity index is 1.80. The van der Waals surface area contributed by atoms with E-state index in [2.05, 4.69) is 15.9 Å². The second-order valence-electron chi connectivity index (χ2n) is 5.76. The van der Waals surface area contributed by atoms with Gasteiger partial charge in [-0.15, -0.1) is 0 Å². The third-order valence-corrected chi connectivity index (χ3v) is 4.53. The molecule has 3 nitrogen and oxygen atoms in total. The number of nitrogens with zero attached hydrogens (tertiary/aromatic N) is 1. The number of ether oxygens (including phenoxy) is 1. The maximum absolute atomic E-state index is 13.1.